The maximum absolute atomic E-state index is 12.1. The summed E-state index contributed by atoms with van der Waals surface area (Å²) >= 11 is 0. The molecule has 24 heavy (non-hydrogen) atoms. The van der Waals surface area contributed by atoms with Crippen LogP contribution < -0.4 is 5.32 Å². The molecular weight excluding hydrogens is 304 g/mol. The molecule has 0 atom stereocenters. The smallest absolute Gasteiger partial charge is 0.287 e. The number of nitrogens with one attached hydrogen (secondary N) is 1. The number of carbonyl (C=O) groups is 2. The molecule has 128 valence electrons. The van der Waals surface area contributed by atoms with Crippen LogP contribution in [0.5, 0.6) is 0 Å². The minimum atomic E-state index is -0.392. The van der Waals surface area contributed by atoms with E-state index in [2.05, 4.69) is 38.2 Å². The van der Waals surface area contributed by atoms with Gasteiger partial charge in [0, 0.05) is 13.6 Å². The fraction of sp³-hybridized carbons (Fsp3) is 0.368. The van der Waals surface area contributed by atoms with E-state index in [1.807, 2.05) is 12.1 Å². The van der Waals surface area contributed by atoms with Crippen molar-refractivity contribution >= 4 is 11.8 Å². The zero-order valence-electron chi connectivity index (χ0n) is 14.6. The third-order valence-corrected chi connectivity index (χ3v) is 3.81. The van der Waals surface area contributed by atoms with Crippen molar-refractivity contribution in [2.45, 2.75) is 32.7 Å². The molecule has 0 unspecified atom stereocenters. The lowest BCUT2D eigenvalue weighted by molar-refractivity contribution is -0.129. The largest absolute Gasteiger partial charge is 0.459 e. The summed E-state index contributed by atoms with van der Waals surface area (Å²) in [4.78, 5) is 25.5. The van der Waals surface area contributed by atoms with Crippen molar-refractivity contribution < 1.29 is 14.0 Å². The Morgan fingerprint density at radius 1 is 1.12 bits per heavy atom. The van der Waals surface area contributed by atoms with Crippen LogP contribution in [0, 0.1) is 0 Å². The van der Waals surface area contributed by atoms with Crippen molar-refractivity contribution in [3.05, 3.63) is 59.5 Å². The quantitative estimate of drug-likeness (QED) is 0.918. The molecule has 0 aliphatic carbocycles. The molecule has 1 aromatic carbocycles. The zero-order chi connectivity index (χ0) is 17.7. The van der Waals surface area contributed by atoms with Crippen LogP contribution in [0.2, 0.25) is 0 Å². The van der Waals surface area contributed by atoms with Crippen molar-refractivity contribution in [3.63, 3.8) is 0 Å². The van der Waals surface area contributed by atoms with E-state index in [9.17, 15) is 9.59 Å². The van der Waals surface area contributed by atoms with Gasteiger partial charge in [0.05, 0.1) is 12.8 Å². The number of nitrogens with zero attached hydrogens (tertiary/aromatic N) is 1. The van der Waals surface area contributed by atoms with Crippen LogP contribution in [0.3, 0.4) is 0 Å². The lowest BCUT2D eigenvalue weighted by atomic mass is 9.87. The van der Waals surface area contributed by atoms with E-state index in [4.69, 9.17) is 4.42 Å². The normalized spacial score (nSPS) is 11.2. The Balaban J connectivity index is 1.86. The predicted octanol–water partition coefficient (Wildman–Crippen LogP) is 2.97. The van der Waals surface area contributed by atoms with E-state index < -0.39 is 5.91 Å². The van der Waals surface area contributed by atoms with Gasteiger partial charge in [0.1, 0.15) is 0 Å². The summed E-state index contributed by atoms with van der Waals surface area (Å²) in [5.41, 5.74) is 2.42. The van der Waals surface area contributed by atoms with Gasteiger partial charge in [-0.3, -0.25) is 9.59 Å². The molecule has 2 aromatic rings. The number of carbonyl (C=O) groups excluding carboxylic acids is 2. The molecule has 0 bridgehead atoms. The van der Waals surface area contributed by atoms with Gasteiger partial charge < -0.3 is 14.6 Å². The highest BCUT2D eigenvalue weighted by molar-refractivity contribution is 5.94. The molecule has 0 saturated heterocycles. The topological polar surface area (TPSA) is 62.6 Å². The van der Waals surface area contributed by atoms with Crippen molar-refractivity contribution in [1.82, 2.24) is 10.2 Å². The number of hydrogen-bond donors (Lipinski definition) is 1. The van der Waals surface area contributed by atoms with E-state index in [0.717, 1.165) is 5.56 Å². The lowest BCUT2D eigenvalue weighted by Gasteiger charge is -2.21. The predicted molar refractivity (Wildman–Crippen MR) is 92.7 cm³/mol. The summed E-state index contributed by atoms with van der Waals surface area (Å²) in [5, 5.41) is 2.56. The maximum atomic E-state index is 12.1. The molecule has 1 heterocycles. The van der Waals surface area contributed by atoms with Crippen LogP contribution in [0.25, 0.3) is 0 Å². The van der Waals surface area contributed by atoms with Crippen LogP contribution >= 0.6 is 0 Å². The van der Waals surface area contributed by atoms with Gasteiger partial charge in [-0.25, -0.2) is 0 Å². The van der Waals surface area contributed by atoms with Gasteiger partial charge in [0.25, 0.3) is 5.91 Å². The standard InChI is InChI=1S/C19H24N2O3/c1-19(2,3)15-9-7-14(8-10-15)13-21(4)17(22)12-20-18(23)16-6-5-11-24-16/h5-11H,12-13H2,1-4H3,(H,20,23). The summed E-state index contributed by atoms with van der Waals surface area (Å²) in [7, 11) is 1.72. The fourth-order valence-corrected chi connectivity index (χ4v) is 2.26. The van der Waals surface area contributed by atoms with Gasteiger partial charge in [0.15, 0.2) is 5.76 Å². The minimum absolute atomic E-state index is 0.0594. The number of hydrogen-bond acceptors (Lipinski definition) is 3. The summed E-state index contributed by atoms with van der Waals surface area (Å²) in [6.07, 6.45) is 1.42. The van der Waals surface area contributed by atoms with Gasteiger partial charge in [0.2, 0.25) is 5.91 Å². The van der Waals surface area contributed by atoms with Crippen LogP contribution in [-0.4, -0.2) is 30.3 Å². The van der Waals surface area contributed by atoms with Gasteiger partial charge in [-0.05, 0) is 28.7 Å². The number of rotatable bonds is 5. The van der Waals surface area contributed by atoms with Gasteiger partial charge in [-0.1, -0.05) is 45.0 Å². The first-order chi connectivity index (χ1) is 11.3. The van der Waals surface area contributed by atoms with Gasteiger partial charge in [-0.15, -0.1) is 0 Å². The summed E-state index contributed by atoms with van der Waals surface area (Å²) in [5.74, 6) is -0.352. The van der Waals surface area contributed by atoms with Crippen LogP contribution in [-0.2, 0) is 16.8 Å². The summed E-state index contributed by atoms with van der Waals surface area (Å²) in [6.45, 7) is 6.94. The van der Waals surface area contributed by atoms with Gasteiger partial charge >= 0.3 is 0 Å². The van der Waals surface area contributed by atoms with Crippen LogP contribution in [0.1, 0.15) is 42.5 Å². The van der Waals surface area contributed by atoms with Crippen molar-refractivity contribution in [3.8, 4) is 0 Å². The van der Waals surface area contributed by atoms with Crippen molar-refractivity contribution in [1.29, 1.82) is 0 Å². The Hall–Kier alpha value is -2.56. The Kier molecular flexibility index (Phi) is 5.44. The van der Waals surface area contributed by atoms with Crippen LogP contribution in [0.4, 0.5) is 0 Å². The molecule has 5 heteroatoms. The third-order valence-electron chi connectivity index (χ3n) is 3.81. The molecule has 0 spiro atoms. The van der Waals surface area contributed by atoms with Crippen molar-refractivity contribution in [2.24, 2.45) is 0 Å². The molecule has 0 fully saturated rings. The molecule has 5 nitrogen and oxygen atoms in total. The number of amides is 2. The molecule has 2 amide bonds. The first-order valence-electron chi connectivity index (χ1n) is 7.92. The summed E-state index contributed by atoms with van der Waals surface area (Å²) in [6, 6.07) is 11.4. The second-order valence-electron chi connectivity index (χ2n) is 6.86. The number of likely N-dealkylation sites (N-methyl/N-ethyl adjacent to an activating group) is 1. The van der Waals surface area contributed by atoms with E-state index in [0.29, 0.717) is 6.54 Å². The number of furan rings is 1. The molecule has 0 aliphatic rings. The fourth-order valence-electron chi connectivity index (χ4n) is 2.26. The first kappa shape index (κ1) is 17.8. The lowest BCUT2D eigenvalue weighted by Crippen LogP contribution is -2.37. The minimum Gasteiger partial charge on any atom is -0.459 e. The molecule has 2 rings (SSSR count). The Morgan fingerprint density at radius 2 is 1.79 bits per heavy atom. The summed E-state index contributed by atoms with van der Waals surface area (Å²) < 4.78 is 4.99. The van der Waals surface area contributed by atoms with E-state index in [1.54, 1.807) is 24.1 Å². The average Bonchev–Trinajstić information content (AvgIpc) is 3.06. The Labute approximate surface area is 142 Å². The molecule has 1 aromatic heterocycles. The third kappa shape index (κ3) is 4.72. The van der Waals surface area contributed by atoms with E-state index in [-0.39, 0.29) is 23.6 Å². The Bertz CT molecular complexity index is 682. The van der Waals surface area contributed by atoms with Gasteiger partial charge in [-0.2, -0.15) is 0 Å². The van der Waals surface area contributed by atoms with Crippen molar-refractivity contribution in [2.75, 3.05) is 13.6 Å². The number of benzene rings is 1. The van der Waals surface area contributed by atoms with Crippen LogP contribution in [0.15, 0.2) is 47.1 Å². The first-order valence-corrected chi connectivity index (χ1v) is 7.92. The highest BCUT2D eigenvalue weighted by Gasteiger charge is 2.15. The SMILES string of the molecule is CN(Cc1ccc(C(C)(C)C)cc1)C(=O)CNC(=O)c1ccco1. The van der Waals surface area contributed by atoms with E-state index in [1.165, 1.54) is 11.8 Å². The monoisotopic (exact) mass is 328 g/mol. The van der Waals surface area contributed by atoms with E-state index >= 15 is 0 Å². The maximum Gasteiger partial charge on any atom is 0.287 e. The highest BCUT2D eigenvalue weighted by atomic mass is 16.3. The Morgan fingerprint density at radius 3 is 2.33 bits per heavy atom. The second kappa shape index (κ2) is 7.34. The second-order valence-corrected chi connectivity index (χ2v) is 6.86. The molecule has 0 radical (unpaired) electrons. The molecule has 0 saturated carbocycles. The molecular formula is C19H24N2O3. The highest BCUT2D eigenvalue weighted by Crippen LogP contribution is 2.22. The average molecular weight is 328 g/mol. The molecule has 1 N–H and O–H groups in total. The zero-order valence-corrected chi connectivity index (χ0v) is 14.6. The molecule has 0 aliphatic heterocycles.